The number of hydrogen-bond donors (Lipinski definition) is 2. The summed E-state index contributed by atoms with van der Waals surface area (Å²) in [4.78, 5) is 14.5. The maximum absolute atomic E-state index is 12.4. The normalized spacial score (nSPS) is 13.4. The Morgan fingerprint density at radius 1 is 1.13 bits per heavy atom. The van der Waals surface area contributed by atoms with Gasteiger partial charge in [-0.1, -0.05) is 0 Å². The first kappa shape index (κ1) is 15.1. The first-order chi connectivity index (χ1) is 11.0. The lowest BCUT2D eigenvalue weighted by Gasteiger charge is -2.19. The first-order valence-corrected chi connectivity index (χ1v) is 8.06. The molecule has 3 rings (SSSR count). The molecule has 2 heterocycles. The Morgan fingerprint density at radius 2 is 1.87 bits per heavy atom. The number of nitrogens with one attached hydrogen (secondary N) is 1. The highest BCUT2D eigenvalue weighted by atomic mass is 32.2. The van der Waals surface area contributed by atoms with E-state index >= 15 is 0 Å². The number of hydrogen-bond acceptors (Lipinski definition) is 6. The number of aromatic carboxylic acids is 1. The van der Waals surface area contributed by atoms with Crippen LogP contribution in [0.15, 0.2) is 41.4 Å². The van der Waals surface area contributed by atoms with E-state index in [1.165, 1.54) is 30.5 Å². The van der Waals surface area contributed by atoms with Gasteiger partial charge in [-0.3, -0.25) is 4.72 Å². The molecule has 0 atom stereocenters. The Kier molecular flexibility index (Phi) is 3.78. The number of aromatic nitrogens is 1. The molecule has 0 amide bonds. The molecule has 9 heteroatoms. The van der Waals surface area contributed by atoms with Crippen LogP contribution < -0.4 is 14.2 Å². The highest BCUT2D eigenvalue weighted by Crippen LogP contribution is 2.32. The van der Waals surface area contributed by atoms with Crippen molar-refractivity contribution in [3.63, 3.8) is 0 Å². The maximum Gasteiger partial charge on any atom is 0.354 e. The fourth-order valence-corrected chi connectivity index (χ4v) is 3.08. The molecule has 0 saturated carbocycles. The summed E-state index contributed by atoms with van der Waals surface area (Å²) >= 11 is 0. The zero-order valence-corrected chi connectivity index (χ0v) is 12.5. The summed E-state index contributed by atoms with van der Waals surface area (Å²) < 4.78 is 37.8. The second-order valence-electron chi connectivity index (χ2n) is 4.65. The molecule has 0 bridgehead atoms. The number of pyridine rings is 1. The van der Waals surface area contributed by atoms with Gasteiger partial charge in [0.2, 0.25) is 0 Å². The zero-order chi connectivity index (χ0) is 16.4. The second-order valence-corrected chi connectivity index (χ2v) is 6.33. The third kappa shape index (κ3) is 3.19. The van der Waals surface area contributed by atoms with Crippen LogP contribution in [-0.4, -0.2) is 37.7 Å². The van der Waals surface area contributed by atoms with E-state index in [1.54, 1.807) is 0 Å². The van der Waals surface area contributed by atoms with Gasteiger partial charge in [0.25, 0.3) is 10.0 Å². The lowest BCUT2D eigenvalue weighted by molar-refractivity contribution is 0.0690. The van der Waals surface area contributed by atoms with Crippen molar-refractivity contribution in [1.29, 1.82) is 0 Å². The van der Waals surface area contributed by atoms with Crippen LogP contribution >= 0.6 is 0 Å². The van der Waals surface area contributed by atoms with Crippen molar-refractivity contribution in [3.05, 3.63) is 42.2 Å². The Labute approximate surface area is 131 Å². The molecule has 1 aliphatic heterocycles. The first-order valence-electron chi connectivity index (χ1n) is 6.57. The Bertz CT molecular complexity index is 865. The van der Waals surface area contributed by atoms with Crippen LogP contribution in [0.25, 0.3) is 0 Å². The third-order valence-electron chi connectivity index (χ3n) is 3.06. The number of carboxylic acid groups (broad SMARTS) is 1. The minimum atomic E-state index is -3.90. The Balaban J connectivity index is 1.90. The van der Waals surface area contributed by atoms with E-state index in [0.717, 1.165) is 6.07 Å². The average molecular weight is 336 g/mol. The van der Waals surface area contributed by atoms with Gasteiger partial charge in [-0.15, -0.1) is 0 Å². The van der Waals surface area contributed by atoms with Gasteiger partial charge >= 0.3 is 5.97 Å². The number of carboxylic acids is 1. The number of sulfonamides is 1. The number of nitrogens with zero attached hydrogens (tertiary/aromatic N) is 1. The Morgan fingerprint density at radius 3 is 2.61 bits per heavy atom. The zero-order valence-electron chi connectivity index (χ0n) is 11.7. The smallest absolute Gasteiger partial charge is 0.354 e. The number of carbonyl (C=O) groups is 1. The van der Waals surface area contributed by atoms with Crippen molar-refractivity contribution in [2.24, 2.45) is 0 Å². The number of benzene rings is 1. The fourth-order valence-electron chi connectivity index (χ4n) is 2.02. The molecule has 2 N–H and O–H groups in total. The molecular formula is C14H12N2O6S. The lowest BCUT2D eigenvalue weighted by atomic mass is 10.3. The Hall–Kier alpha value is -2.81. The molecular weight excluding hydrogens is 324 g/mol. The van der Waals surface area contributed by atoms with E-state index in [2.05, 4.69) is 9.71 Å². The minimum Gasteiger partial charge on any atom is -0.486 e. The topological polar surface area (TPSA) is 115 Å². The van der Waals surface area contributed by atoms with E-state index in [0.29, 0.717) is 24.7 Å². The number of anilines is 1. The van der Waals surface area contributed by atoms with Crippen molar-refractivity contribution in [3.8, 4) is 11.5 Å². The van der Waals surface area contributed by atoms with Crippen molar-refractivity contribution in [1.82, 2.24) is 4.98 Å². The van der Waals surface area contributed by atoms with E-state index in [-0.39, 0.29) is 16.3 Å². The average Bonchev–Trinajstić information content (AvgIpc) is 2.54. The molecule has 0 radical (unpaired) electrons. The molecule has 120 valence electrons. The molecule has 0 aliphatic carbocycles. The van der Waals surface area contributed by atoms with Gasteiger partial charge in [-0.25, -0.2) is 18.2 Å². The molecule has 1 aromatic heterocycles. The summed E-state index contributed by atoms with van der Waals surface area (Å²) in [7, 11) is -3.90. The molecule has 0 unspecified atom stereocenters. The monoisotopic (exact) mass is 336 g/mol. The largest absolute Gasteiger partial charge is 0.486 e. The third-order valence-corrected chi connectivity index (χ3v) is 4.43. The van der Waals surface area contributed by atoms with E-state index in [9.17, 15) is 13.2 Å². The summed E-state index contributed by atoms with van der Waals surface area (Å²) in [5.41, 5.74) is -0.153. The molecule has 0 spiro atoms. The summed E-state index contributed by atoms with van der Waals surface area (Å²) in [6, 6.07) is 6.75. The van der Waals surface area contributed by atoms with E-state index in [4.69, 9.17) is 14.6 Å². The van der Waals surface area contributed by atoms with Crippen LogP contribution in [0.4, 0.5) is 5.69 Å². The molecule has 0 saturated heterocycles. The van der Waals surface area contributed by atoms with Crippen LogP contribution in [0.1, 0.15) is 10.5 Å². The van der Waals surface area contributed by atoms with Crippen molar-refractivity contribution < 1.29 is 27.8 Å². The van der Waals surface area contributed by atoms with Gasteiger partial charge < -0.3 is 14.6 Å². The minimum absolute atomic E-state index is 0.0181. The van der Waals surface area contributed by atoms with Gasteiger partial charge in [-0.2, -0.15) is 0 Å². The SMILES string of the molecule is O=C(O)c1cc(NS(=O)(=O)c2ccc3c(c2)OCCO3)ccn1. The molecule has 2 aromatic rings. The standard InChI is InChI=1S/C14H12N2O6S/c17-14(18)11-7-9(3-4-15-11)16-23(19,20)10-1-2-12-13(8-10)22-6-5-21-12/h1-4,7-8H,5-6H2,(H,15,16)(H,17,18). The number of rotatable bonds is 4. The lowest BCUT2D eigenvalue weighted by Crippen LogP contribution is -2.17. The summed E-state index contributed by atoms with van der Waals surface area (Å²) in [6.45, 7) is 0.753. The quantitative estimate of drug-likeness (QED) is 0.866. The summed E-state index contributed by atoms with van der Waals surface area (Å²) in [5.74, 6) is -0.419. The predicted molar refractivity (Wildman–Crippen MR) is 79.4 cm³/mol. The summed E-state index contributed by atoms with van der Waals surface area (Å²) in [6.07, 6.45) is 1.21. The van der Waals surface area contributed by atoms with Crippen LogP contribution in [0.3, 0.4) is 0 Å². The van der Waals surface area contributed by atoms with Gasteiger partial charge in [0, 0.05) is 12.3 Å². The fraction of sp³-hybridized carbons (Fsp3) is 0.143. The highest BCUT2D eigenvalue weighted by molar-refractivity contribution is 7.92. The van der Waals surface area contributed by atoms with Crippen LogP contribution in [0, 0.1) is 0 Å². The second kappa shape index (κ2) is 5.76. The van der Waals surface area contributed by atoms with E-state index < -0.39 is 16.0 Å². The van der Waals surface area contributed by atoms with Crippen LogP contribution in [0.2, 0.25) is 0 Å². The molecule has 8 nitrogen and oxygen atoms in total. The predicted octanol–water partition coefficient (Wildman–Crippen LogP) is 1.35. The molecule has 0 fully saturated rings. The molecule has 1 aliphatic rings. The molecule has 1 aromatic carbocycles. The number of ether oxygens (including phenoxy) is 2. The molecule has 23 heavy (non-hydrogen) atoms. The van der Waals surface area contributed by atoms with Crippen molar-refractivity contribution in [2.45, 2.75) is 4.90 Å². The highest BCUT2D eigenvalue weighted by Gasteiger charge is 2.20. The van der Waals surface area contributed by atoms with Gasteiger partial charge in [0.1, 0.15) is 18.9 Å². The van der Waals surface area contributed by atoms with Crippen molar-refractivity contribution >= 4 is 21.7 Å². The van der Waals surface area contributed by atoms with Crippen LogP contribution in [0.5, 0.6) is 11.5 Å². The number of fused-ring (bicyclic) bond motifs is 1. The van der Waals surface area contributed by atoms with Gasteiger partial charge in [0.15, 0.2) is 11.5 Å². The van der Waals surface area contributed by atoms with Crippen LogP contribution in [-0.2, 0) is 10.0 Å². The van der Waals surface area contributed by atoms with Crippen molar-refractivity contribution in [2.75, 3.05) is 17.9 Å². The van der Waals surface area contributed by atoms with Gasteiger partial charge in [-0.05, 0) is 24.3 Å². The summed E-state index contributed by atoms with van der Waals surface area (Å²) in [5, 5.41) is 8.89. The van der Waals surface area contributed by atoms with Gasteiger partial charge in [0.05, 0.1) is 10.6 Å². The maximum atomic E-state index is 12.4. The van der Waals surface area contributed by atoms with E-state index in [1.807, 2.05) is 0 Å².